The third-order valence-electron chi connectivity index (χ3n) is 3.24. The number of halogens is 1. The average Bonchev–Trinajstić information content (AvgIpc) is 2.86. The molecule has 0 fully saturated rings. The van der Waals surface area contributed by atoms with Crippen molar-refractivity contribution in [1.29, 1.82) is 0 Å². The molecule has 0 aliphatic rings. The molecule has 23 heavy (non-hydrogen) atoms. The van der Waals surface area contributed by atoms with Crippen LogP contribution in [0.2, 0.25) is 5.02 Å². The van der Waals surface area contributed by atoms with Crippen LogP contribution in [0, 0.1) is 6.92 Å². The smallest absolute Gasteiger partial charge is 0.265 e. The summed E-state index contributed by atoms with van der Waals surface area (Å²) in [5.74, 6) is 0.347. The molecule has 0 spiro atoms. The Hall–Kier alpha value is -2.11. The van der Waals surface area contributed by atoms with E-state index in [0.29, 0.717) is 10.8 Å². The van der Waals surface area contributed by atoms with Crippen molar-refractivity contribution >= 4 is 44.7 Å². The lowest BCUT2D eigenvalue weighted by Gasteiger charge is -2.15. The fourth-order valence-corrected chi connectivity index (χ4v) is 3.21. The molecule has 0 saturated carbocycles. The van der Waals surface area contributed by atoms with Gasteiger partial charge >= 0.3 is 0 Å². The lowest BCUT2D eigenvalue weighted by Crippen LogP contribution is -2.30. The molecule has 1 atom stereocenters. The van der Waals surface area contributed by atoms with Crippen molar-refractivity contribution < 1.29 is 9.53 Å². The van der Waals surface area contributed by atoms with E-state index in [9.17, 15) is 4.79 Å². The number of hydrogen-bond donors (Lipinski definition) is 1. The zero-order valence-corrected chi connectivity index (χ0v) is 14.2. The first-order valence-electron chi connectivity index (χ1n) is 7.11. The number of fused-ring (bicyclic) bond motifs is 1. The number of amides is 1. The van der Waals surface area contributed by atoms with Gasteiger partial charge in [-0.15, -0.1) is 11.3 Å². The maximum Gasteiger partial charge on any atom is 0.265 e. The van der Waals surface area contributed by atoms with Crippen LogP contribution in [0.5, 0.6) is 5.75 Å². The van der Waals surface area contributed by atoms with E-state index in [2.05, 4.69) is 10.3 Å². The topological polar surface area (TPSA) is 51.2 Å². The number of benzene rings is 2. The molecule has 1 heterocycles. The highest BCUT2D eigenvalue weighted by atomic mass is 35.5. The van der Waals surface area contributed by atoms with Crippen molar-refractivity contribution in [2.75, 3.05) is 5.32 Å². The van der Waals surface area contributed by atoms with E-state index in [1.807, 2.05) is 25.1 Å². The summed E-state index contributed by atoms with van der Waals surface area (Å²) in [5.41, 5.74) is 1.67. The molecule has 0 aliphatic carbocycles. The van der Waals surface area contributed by atoms with Crippen LogP contribution in [0.15, 0.2) is 42.5 Å². The minimum absolute atomic E-state index is 0.217. The fourth-order valence-electron chi connectivity index (χ4n) is 2.16. The van der Waals surface area contributed by atoms with Crippen molar-refractivity contribution in [3.63, 3.8) is 0 Å². The van der Waals surface area contributed by atoms with Crippen molar-refractivity contribution in [3.05, 3.63) is 52.5 Å². The van der Waals surface area contributed by atoms with Gasteiger partial charge < -0.3 is 10.1 Å². The number of ether oxygens (including phenoxy) is 1. The van der Waals surface area contributed by atoms with Gasteiger partial charge in [0.15, 0.2) is 6.10 Å². The van der Waals surface area contributed by atoms with Gasteiger partial charge in [-0.05, 0) is 50.2 Å². The quantitative estimate of drug-likeness (QED) is 0.747. The second-order valence-corrected chi connectivity index (χ2v) is 6.79. The van der Waals surface area contributed by atoms with Gasteiger partial charge in [-0.2, -0.15) is 0 Å². The van der Waals surface area contributed by atoms with Crippen LogP contribution in [-0.4, -0.2) is 17.0 Å². The Balaban J connectivity index is 1.69. The second kappa shape index (κ2) is 6.56. The first kappa shape index (κ1) is 15.8. The van der Waals surface area contributed by atoms with E-state index < -0.39 is 6.10 Å². The molecule has 6 heteroatoms. The summed E-state index contributed by atoms with van der Waals surface area (Å²) in [4.78, 5) is 16.7. The standard InChI is InChI=1S/C17H15ClN2O2S/c1-10(22-14-5-3-4-12(18)8-14)17(21)20-13-6-7-15-16(9-13)23-11(2)19-15/h3-10H,1-2H3,(H,20,21)/t10-/m1/s1. The molecule has 3 aromatic rings. The Morgan fingerprint density at radius 3 is 2.91 bits per heavy atom. The Kier molecular flexibility index (Phi) is 4.50. The summed E-state index contributed by atoms with van der Waals surface area (Å²) < 4.78 is 6.66. The van der Waals surface area contributed by atoms with E-state index in [1.54, 1.807) is 42.5 Å². The number of carbonyl (C=O) groups excluding carboxylic acids is 1. The van der Waals surface area contributed by atoms with Gasteiger partial charge in [-0.3, -0.25) is 4.79 Å². The number of nitrogens with zero attached hydrogens (tertiary/aromatic N) is 1. The largest absolute Gasteiger partial charge is 0.481 e. The zero-order chi connectivity index (χ0) is 16.4. The minimum Gasteiger partial charge on any atom is -0.481 e. The minimum atomic E-state index is -0.632. The maximum atomic E-state index is 12.3. The molecule has 4 nitrogen and oxygen atoms in total. The van der Waals surface area contributed by atoms with Gasteiger partial charge in [0, 0.05) is 10.7 Å². The van der Waals surface area contributed by atoms with E-state index in [0.717, 1.165) is 20.9 Å². The Morgan fingerprint density at radius 1 is 1.30 bits per heavy atom. The maximum absolute atomic E-state index is 12.3. The summed E-state index contributed by atoms with van der Waals surface area (Å²) in [6, 6.07) is 12.6. The van der Waals surface area contributed by atoms with Crippen molar-refractivity contribution in [1.82, 2.24) is 4.98 Å². The molecule has 0 aliphatic heterocycles. The van der Waals surface area contributed by atoms with E-state index in [1.165, 1.54) is 0 Å². The molecular weight excluding hydrogens is 332 g/mol. The molecule has 0 bridgehead atoms. The average molecular weight is 347 g/mol. The van der Waals surface area contributed by atoms with Gasteiger partial charge in [0.2, 0.25) is 0 Å². The lowest BCUT2D eigenvalue weighted by atomic mass is 10.2. The van der Waals surface area contributed by atoms with Crippen LogP contribution >= 0.6 is 22.9 Å². The number of anilines is 1. The lowest BCUT2D eigenvalue weighted by molar-refractivity contribution is -0.122. The van der Waals surface area contributed by atoms with Crippen LogP contribution in [-0.2, 0) is 4.79 Å². The first-order chi connectivity index (χ1) is 11.0. The van der Waals surface area contributed by atoms with Crippen LogP contribution in [0.1, 0.15) is 11.9 Å². The molecule has 0 saturated heterocycles. The van der Waals surface area contributed by atoms with Gasteiger partial charge in [-0.25, -0.2) is 4.98 Å². The van der Waals surface area contributed by atoms with Crippen LogP contribution < -0.4 is 10.1 Å². The normalized spacial score (nSPS) is 12.1. The molecule has 1 aromatic heterocycles. The summed E-state index contributed by atoms with van der Waals surface area (Å²) in [5, 5.41) is 4.43. The molecule has 3 rings (SSSR count). The third-order valence-corrected chi connectivity index (χ3v) is 4.41. The Bertz CT molecular complexity index is 863. The molecular formula is C17H15ClN2O2S. The van der Waals surface area contributed by atoms with Crippen LogP contribution in [0.25, 0.3) is 10.2 Å². The SMILES string of the molecule is Cc1nc2ccc(NC(=O)[C@@H](C)Oc3cccc(Cl)c3)cc2s1. The molecule has 1 N–H and O–H groups in total. The van der Waals surface area contributed by atoms with Crippen molar-refractivity contribution in [3.8, 4) is 5.75 Å². The Labute approximate surface area is 143 Å². The summed E-state index contributed by atoms with van der Waals surface area (Å²) in [6.07, 6.45) is -0.632. The number of thiazole rings is 1. The highest BCUT2D eigenvalue weighted by Crippen LogP contribution is 2.25. The van der Waals surface area contributed by atoms with Crippen LogP contribution in [0.4, 0.5) is 5.69 Å². The monoisotopic (exact) mass is 346 g/mol. The molecule has 2 aromatic carbocycles. The summed E-state index contributed by atoms with van der Waals surface area (Å²) in [7, 11) is 0. The second-order valence-electron chi connectivity index (χ2n) is 5.12. The molecule has 118 valence electrons. The highest BCUT2D eigenvalue weighted by Gasteiger charge is 2.15. The van der Waals surface area contributed by atoms with Gasteiger partial charge in [0.05, 0.1) is 15.2 Å². The molecule has 0 radical (unpaired) electrons. The molecule has 0 unspecified atom stereocenters. The third kappa shape index (κ3) is 3.81. The van der Waals surface area contributed by atoms with Gasteiger partial charge in [0.1, 0.15) is 5.75 Å². The number of nitrogens with one attached hydrogen (secondary N) is 1. The number of carbonyl (C=O) groups is 1. The summed E-state index contributed by atoms with van der Waals surface area (Å²) >= 11 is 7.51. The Morgan fingerprint density at radius 2 is 2.13 bits per heavy atom. The van der Waals surface area contributed by atoms with Crippen molar-refractivity contribution in [2.24, 2.45) is 0 Å². The van der Waals surface area contributed by atoms with E-state index in [4.69, 9.17) is 16.3 Å². The first-order valence-corrected chi connectivity index (χ1v) is 8.31. The number of hydrogen-bond acceptors (Lipinski definition) is 4. The highest BCUT2D eigenvalue weighted by molar-refractivity contribution is 7.18. The van der Waals surface area contributed by atoms with Crippen molar-refractivity contribution in [2.45, 2.75) is 20.0 Å². The summed E-state index contributed by atoms with van der Waals surface area (Å²) in [6.45, 7) is 3.66. The zero-order valence-electron chi connectivity index (χ0n) is 12.7. The van der Waals surface area contributed by atoms with Crippen LogP contribution in [0.3, 0.4) is 0 Å². The van der Waals surface area contributed by atoms with Gasteiger partial charge in [-0.1, -0.05) is 17.7 Å². The fraction of sp³-hybridized carbons (Fsp3) is 0.176. The van der Waals surface area contributed by atoms with E-state index in [-0.39, 0.29) is 5.91 Å². The number of rotatable bonds is 4. The predicted molar refractivity (Wildman–Crippen MR) is 94.5 cm³/mol. The van der Waals surface area contributed by atoms with E-state index >= 15 is 0 Å². The number of aryl methyl sites for hydroxylation is 1. The molecule has 1 amide bonds. The predicted octanol–water partition coefficient (Wildman–Crippen LogP) is 4.66. The van der Waals surface area contributed by atoms with Gasteiger partial charge in [0.25, 0.3) is 5.91 Å². The number of aromatic nitrogens is 1.